The second-order valence-electron chi connectivity index (χ2n) is 6.50. The topological polar surface area (TPSA) is 15.7 Å². The number of quaternary nitrogens is 1. The summed E-state index contributed by atoms with van der Waals surface area (Å²) in [4.78, 5) is 4.28. The van der Waals surface area contributed by atoms with Crippen molar-refractivity contribution in [1.29, 1.82) is 0 Å². The maximum absolute atomic E-state index is 12.7. The van der Waals surface area contributed by atoms with Crippen LogP contribution in [0.15, 0.2) is 18.2 Å². The van der Waals surface area contributed by atoms with Crippen molar-refractivity contribution in [3.63, 3.8) is 0 Å². The van der Waals surface area contributed by atoms with E-state index in [1.54, 1.807) is 6.07 Å². The maximum atomic E-state index is 12.7. The standard InChI is InChI=1S/C15H23F3N3O/c1-19-7-9-20(10-8-19)12-5-6-13(21(2,3)4)14(11-12)22-15(16,17)18/h5-6,11H,7-10H2,1-4H3/q+1. The van der Waals surface area contributed by atoms with Gasteiger partial charge in [-0.25, -0.2) is 0 Å². The van der Waals surface area contributed by atoms with Gasteiger partial charge in [0.25, 0.3) is 0 Å². The average molecular weight is 318 g/mol. The first-order chi connectivity index (χ1) is 10.1. The van der Waals surface area contributed by atoms with E-state index >= 15 is 0 Å². The zero-order valence-electron chi connectivity index (χ0n) is 13.4. The SMILES string of the molecule is CN1CCN(c2ccc([N+](C)(C)C)c(OC(F)(F)F)c2)CC1. The Hall–Kier alpha value is -1.47. The zero-order chi connectivity index (χ0) is 16.5. The molecule has 0 unspecified atom stereocenters. The van der Waals surface area contributed by atoms with Crippen LogP contribution in [0.4, 0.5) is 24.5 Å². The minimum absolute atomic E-state index is 0.128. The van der Waals surface area contributed by atoms with Crippen LogP contribution in [0.5, 0.6) is 5.75 Å². The fraction of sp³-hybridized carbons (Fsp3) is 0.600. The molecule has 22 heavy (non-hydrogen) atoms. The largest absolute Gasteiger partial charge is 0.573 e. The number of alkyl halides is 3. The molecule has 0 aromatic heterocycles. The second kappa shape index (κ2) is 5.96. The Morgan fingerprint density at radius 3 is 2.14 bits per heavy atom. The number of nitrogens with zero attached hydrogens (tertiary/aromatic N) is 3. The van der Waals surface area contributed by atoms with E-state index in [0.717, 1.165) is 31.9 Å². The summed E-state index contributed by atoms with van der Waals surface area (Å²) >= 11 is 0. The number of rotatable bonds is 3. The molecular weight excluding hydrogens is 295 g/mol. The summed E-state index contributed by atoms with van der Waals surface area (Å²) in [6, 6.07) is 5.08. The first kappa shape index (κ1) is 16.9. The lowest BCUT2D eigenvalue weighted by Gasteiger charge is -2.34. The molecule has 0 aliphatic carbocycles. The van der Waals surface area contributed by atoms with Gasteiger partial charge in [0.2, 0.25) is 0 Å². The van der Waals surface area contributed by atoms with Crippen molar-refractivity contribution in [2.75, 3.05) is 59.3 Å². The Morgan fingerprint density at radius 1 is 1.05 bits per heavy atom. The monoisotopic (exact) mass is 318 g/mol. The van der Waals surface area contributed by atoms with Crippen molar-refractivity contribution in [3.8, 4) is 5.75 Å². The third-order valence-electron chi connectivity index (χ3n) is 3.76. The summed E-state index contributed by atoms with van der Waals surface area (Å²) in [5.74, 6) is -0.128. The summed E-state index contributed by atoms with van der Waals surface area (Å²) < 4.78 is 42.6. The molecule has 124 valence electrons. The third kappa shape index (κ3) is 4.27. The minimum atomic E-state index is -4.69. The Balaban J connectivity index is 2.32. The third-order valence-corrected chi connectivity index (χ3v) is 3.76. The van der Waals surface area contributed by atoms with Gasteiger partial charge < -0.3 is 14.5 Å². The molecule has 1 aromatic rings. The molecule has 0 atom stereocenters. The van der Waals surface area contributed by atoms with Gasteiger partial charge in [-0.2, -0.15) is 0 Å². The number of ether oxygens (including phenoxy) is 1. The Bertz CT molecular complexity index is 518. The van der Waals surface area contributed by atoms with Gasteiger partial charge in [-0.15, -0.1) is 13.2 Å². The summed E-state index contributed by atoms with van der Waals surface area (Å²) in [5.41, 5.74) is 1.26. The van der Waals surface area contributed by atoms with Gasteiger partial charge in [0.15, 0.2) is 11.4 Å². The lowest BCUT2D eigenvalue weighted by Crippen LogP contribution is -2.44. The van der Waals surface area contributed by atoms with Crippen LogP contribution in [0.2, 0.25) is 0 Å². The molecule has 0 radical (unpaired) electrons. The van der Waals surface area contributed by atoms with E-state index in [2.05, 4.69) is 14.5 Å². The molecule has 0 amide bonds. The number of anilines is 1. The minimum Gasteiger partial charge on any atom is -0.399 e. The van der Waals surface area contributed by atoms with Crippen LogP contribution < -0.4 is 14.1 Å². The molecule has 0 spiro atoms. The van der Waals surface area contributed by atoms with Crippen molar-refractivity contribution in [2.24, 2.45) is 0 Å². The van der Waals surface area contributed by atoms with Gasteiger partial charge in [-0.3, -0.25) is 4.48 Å². The number of halogens is 3. The van der Waals surface area contributed by atoms with Crippen LogP contribution in [0.1, 0.15) is 0 Å². The molecule has 7 heteroatoms. The van der Waals surface area contributed by atoms with Gasteiger partial charge in [0, 0.05) is 44.0 Å². The highest BCUT2D eigenvalue weighted by atomic mass is 19.4. The van der Waals surface area contributed by atoms with Gasteiger partial charge >= 0.3 is 6.36 Å². The second-order valence-corrected chi connectivity index (χ2v) is 6.50. The van der Waals surface area contributed by atoms with E-state index in [-0.39, 0.29) is 10.2 Å². The summed E-state index contributed by atoms with van der Waals surface area (Å²) in [6.45, 7) is 3.39. The van der Waals surface area contributed by atoms with E-state index in [0.29, 0.717) is 5.69 Å². The van der Waals surface area contributed by atoms with E-state index in [1.165, 1.54) is 6.07 Å². The van der Waals surface area contributed by atoms with E-state index in [4.69, 9.17) is 0 Å². The Morgan fingerprint density at radius 2 is 1.64 bits per heavy atom. The first-order valence-corrected chi connectivity index (χ1v) is 7.21. The molecule has 1 aliphatic rings. The maximum Gasteiger partial charge on any atom is 0.573 e. The molecule has 4 nitrogen and oxygen atoms in total. The quantitative estimate of drug-likeness (QED) is 0.797. The van der Waals surface area contributed by atoms with Gasteiger partial charge in [0.05, 0.1) is 21.1 Å². The molecule has 1 saturated heterocycles. The van der Waals surface area contributed by atoms with Crippen LogP contribution in [0.25, 0.3) is 0 Å². The Labute approximate surface area is 129 Å². The van der Waals surface area contributed by atoms with Crippen LogP contribution >= 0.6 is 0 Å². The molecule has 2 rings (SSSR count). The molecule has 1 fully saturated rings. The zero-order valence-corrected chi connectivity index (χ0v) is 13.4. The Kier molecular flexibility index (Phi) is 4.58. The van der Waals surface area contributed by atoms with Crippen molar-refractivity contribution in [2.45, 2.75) is 6.36 Å². The fourth-order valence-electron chi connectivity index (χ4n) is 2.52. The normalized spacial score (nSPS) is 17.7. The van der Waals surface area contributed by atoms with E-state index < -0.39 is 6.36 Å². The van der Waals surface area contributed by atoms with Crippen LogP contribution in [0.3, 0.4) is 0 Å². The van der Waals surface area contributed by atoms with Crippen LogP contribution in [0, 0.1) is 0 Å². The molecule has 1 aliphatic heterocycles. The van der Waals surface area contributed by atoms with Crippen molar-refractivity contribution in [3.05, 3.63) is 18.2 Å². The molecule has 1 heterocycles. The lowest BCUT2D eigenvalue weighted by molar-refractivity contribution is -0.274. The van der Waals surface area contributed by atoms with Crippen molar-refractivity contribution >= 4 is 11.4 Å². The predicted molar refractivity (Wildman–Crippen MR) is 82.4 cm³/mol. The summed E-state index contributed by atoms with van der Waals surface area (Å²) in [7, 11) is 7.48. The van der Waals surface area contributed by atoms with Gasteiger partial charge in [-0.05, 0) is 13.1 Å². The number of hydrogen-bond acceptors (Lipinski definition) is 3. The van der Waals surface area contributed by atoms with Crippen LogP contribution in [-0.2, 0) is 0 Å². The molecule has 1 aromatic carbocycles. The highest BCUT2D eigenvalue weighted by molar-refractivity contribution is 5.64. The number of benzene rings is 1. The van der Waals surface area contributed by atoms with Gasteiger partial charge in [0.1, 0.15) is 0 Å². The lowest BCUT2D eigenvalue weighted by atomic mass is 10.2. The first-order valence-electron chi connectivity index (χ1n) is 7.21. The number of piperazine rings is 1. The molecular formula is C15H23F3N3O+. The highest BCUT2D eigenvalue weighted by Crippen LogP contribution is 2.37. The smallest absolute Gasteiger partial charge is 0.399 e. The molecule has 0 saturated carbocycles. The molecule has 0 bridgehead atoms. The highest BCUT2D eigenvalue weighted by Gasteiger charge is 2.35. The van der Waals surface area contributed by atoms with Crippen molar-refractivity contribution < 1.29 is 17.9 Å². The average Bonchev–Trinajstić information content (AvgIpc) is 2.36. The van der Waals surface area contributed by atoms with Crippen molar-refractivity contribution in [1.82, 2.24) is 9.38 Å². The van der Waals surface area contributed by atoms with E-state index in [9.17, 15) is 13.2 Å². The van der Waals surface area contributed by atoms with Gasteiger partial charge in [-0.1, -0.05) is 0 Å². The molecule has 0 N–H and O–H groups in total. The predicted octanol–water partition coefficient (Wildman–Crippen LogP) is 2.53. The van der Waals surface area contributed by atoms with E-state index in [1.807, 2.05) is 34.3 Å². The van der Waals surface area contributed by atoms with Crippen LogP contribution in [-0.4, -0.2) is 65.6 Å². The summed E-state index contributed by atoms with van der Waals surface area (Å²) in [5, 5.41) is 0. The summed E-state index contributed by atoms with van der Waals surface area (Å²) in [6.07, 6.45) is -4.69. The number of hydrogen-bond donors (Lipinski definition) is 0. The fourth-order valence-corrected chi connectivity index (χ4v) is 2.52. The number of likely N-dealkylation sites (N-methyl/N-ethyl adjacent to an activating group) is 1.